The lowest BCUT2D eigenvalue weighted by molar-refractivity contribution is -0.469. The first-order chi connectivity index (χ1) is 9.83. The Kier molecular flexibility index (Phi) is 3.46. The molecule has 0 saturated heterocycles. The monoisotopic (exact) mass is 261 g/mol. The molecule has 0 unspecified atom stereocenters. The van der Waals surface area contributed by atoms with E-state index in [-0.39, 0.29) is 0 Å². The van der Waals surface area contributed by atoms with Crippen molar-refractivity contribution < 1.29 is 4.74 Å². The van der Waals surface area contributed by atoms with Crippen molar-refractivity contribution in [2.24, 2.45) is 0 Å². The summed E-state index contributed by atoms with van der Waals surface area (Å²) >= 11 is 0. The molecule has 0 atom stereocenters. The van der Waals surface area contributed by atoms with Crippen LogP contribution < -0.4 is 0 Å². The molecule has 2 heteroatoms. The molecule has 0 aromatic heterocycles. The number of nitrogens with zero attached hydrogens (tertiary/aromatic N) is 1. The Hall–Kier alpha value is -2.61. The van der Waals surface area contributed by atoms with Crippen molar-refractivity contribution in [3.05, 3.63) is 89.1 Å². The number of rotatable bonds is 3. The maximum Gasteiger partial charge on any atom is 0.182 e. The lowest BCUT2D eigenvalue weighted by Crippen LogP contribution is -2.06. The first-order valence-electron chi connectivity index (χ1n) is 6.63. The minimum atomic E-state index is 0.357. The van der Waals surface area contributed by atoms with Crippen molar-refractivity contribution >= 4 is 17.0 Å². The molecule has 3 aromatic rings. The Balaban J connectivity index is 1.92. The van der Waals surface area contributed by atoms with Crippen LogP contribution in [0.4, 0.5) is 0 Å². The summed E-state index contributed by atoms with van der Waals surface area (Å²) in [6.45, 7) is 0.357. The normalized spacial score (nSPS) is 11.7. The van der Waals surface area contributed by atoms with E-state index in [9.17, 15) is 5.21 Å². The van der Waals surface area contributed by atoms with Gasteiger partial charge >= 0.3 is 0 Å². The molecular formula is C18H15NO. The van der Waals surface area contributed by atoms with Gasteiger partial charge in [0.15, 0.2) is 12.8 Å². The van der Waals surface area contributed by atoms with Crippen LogP contribution in [0.2, 0.25) is 0 Å². The van der Waals surface area contributed by atoms with Gasteiger partial charge in [-0.2, -0.15) is 0 Å². The van der Waals surface area contributed by atoms with Crippen LogP contribution >= 0.6 is 0 Å². The van der Waals surface area contributed by atoms with Gasteiger partial charge in [-0.25, -0.2) is 4.74 Å². The van der Waals surface area contributed by atoms with Gasteiger partial charge in [0.05, 0.1) is 0 Å². The lowest BCUT2D eigenvalue weighted by atomic mass is 10.0. The van der Waals surface area contributed by atoms with E-state index in [4.69, 9.17) is 0 Å². The fraction of sp³-hybridized carbons (Fsp3) is 0.0556. The number of hydrogen-bond donors (Lipinski definition) is 0. The van der Waals surface area contributed by atoms with Crippen LogP contribution in [0, 0.1) is 5.21 Å². The van der Waals surface area contributed by atoms with Gasteiger partial charge in [0.25, 0.3) is 0 Å². The van der Waals surface area contributed by atoms with E-state index in [1.54, 1.807) is 6.21 Å². The van der Waals surface area contributed by atoms with Gasteiger partial charge in [-0.15, -0.1) is 0 Å². The van der Waals surface area contributed by atoms with Gasteiger partial charge in [-0.1, -0.05) is 60.7 Å². The highest BCUT2D eigenvalue weighted by molar-refractivity contribution is 5.85. The van der Waals surface area contributed by atoms with E-state index < -0.39 is 0 Å². The smallest absolute Gasteiger partial charge is 0.182 e. The number of fused-ring (bicyclic) bond motifs is 1. The van der Waals surface area contributed by atoms with Crippen LogP contribution in [-0.4, -0.2) is 11.0 Å². The standard InChI is InChI=1S/C18H15NO/c20-19(13-15-7-2-1-3-8-15)14-17-11-6-10-16-9-4-5-12-18(16)17/h1-13H,14H2/b19-13-. The molecule has 3 rings (SSSR count). The van der Waals surface area contributed by atoms with Crippen molar-refractivity contribution in [2.75, 3.05) is 0 Å². The summed E-state index contributed by atoms with van der Waals surface area (Å²) in [6.07, 6.45) is 1.63. The molecule has 3 aromatic carbocycles. The van der Waals surface area contributed by atoms with Gasteiger partial charge in [-0.05, 0) is 22.9 Å². The first kappa shape index (κ1) is 12.4. The van der Waals surface area contributed by atoms with Gasteiger partial charge in [0, 0.05) is 11.1 Å². The quantitative estimate of drug-likeness (QED) is 0.303. The predicted molar refractivity (Wildman–Crippen MR) is 82.9 cm³/mol. The molecule has 20 heavy (non-hydrogen) atoms. The van der Waals surface area contributed by atoms with Crippen molar-refractivity contribution in [1.82, 2.24) is 0 Å². The molecule has 0 aliphatic rings. The van der Waals surface area contributed by atoms with Gasteiger partial charge in [0.1, 0.15) is 0 Å². The SMILES string of the molecule is [O-]/[N+](=C\c1ccccc1)Cc1cccc2ccccc12. The van der Waals surface area contributed by atoms with E-state index in [1.807, 2.05) is 54.6 Å². The Bertz CT molecular complexity index is 742. The van der Waals surface area contributed by atoms with Crippen molar-refractivity contribution in [3.63, 3.8) is 0 Å². The highest BCUT2D eigenvalue weighted by Gasteiger charge is 2.04. The van der Waals surface area contributed by atoms with E-state index >= 15 is 0 Å². The molecule has 0 saturated carbocycles. The maximum absolute atomic E-state index is 12.1. The second-order valence-electron chi connectivity index (χ2n) is 4.75. The molecule has 0 N–H and O–H groups in total. The number of hydrogen-bond acceptors (Lipinski definition) is 1. The fourth-order valence-corrected chi connectivity index (χ4v) is 2.35. The van der Waals surface area contributed by atoms with E-state index in [0.717, 1.165) is 26.6 Å². The number of benzene rings is 3. The van der Waals surface area contributed by atoms with Crippen LogP contribution in [0.5, 0.6) is 0 Å². The van der Waals surface area contributed by atoms with E-state index in [0.29, 0.717) is 6.54 Å². The maximum atomic E-state index is 12.1. The van der Waals surface area contributed by atoms with Crippen LogP contribution in [0.3, 0.4) is 0 Å². The third-order valence-electron chi connectivity index (χ3n) is 3.30. The summed E-state index contributed by atoms with van der Waals surface area (Å²) in [5.74, 6) is 0. The van der Waals surface area contributed by atoms with Crippen molar-refractivity contribution in [2.45, 2.75) is 6.54 Å². The predicted octanol–water partition coefficient (Wildman–Crippen LogP) is 3.97. The minimum Gasteiger partial charge on any atom is -0.624 e. The molecule has 0 amide bonds. The zero-order valence-corrected chi connectivity index (χ0v) is 11.1. The molecule has 0 aliphatic heterocycles. The summed E-state index contributed by atoms with van der Waals surface area (Å²) in [5, 5.41) is 14.4. The average molecular weight is 261 g/mol. The van der Waals surface area contributed by atoms with Gasteiger partial charge in [-0.3, -0.25) is 0 Å². The molecule has 0 spiro atoms. The molecule has 98 valence electrons. The molecule has 0 fully saturated rings. The highest BCUT2D eigenvalue weighted by Crippen LogP contribution is 2.18. The van der Waals surface area contributed by atoms with Crippen LogP contribution in [0.1, 0.15) is 11.1 Å². The molecule has 0 aliphatic carbocycles. The van der Waals surface area contributed by atoms with Crippen molar-refractivity contribution in [1.29, 1.82) is 0 Å². The summed E-state index contributed by atoms with van der Waals surface area (Å²) in [4.78, 5) is 0. The van der Waals surface area contributed by atoms with Crippen molar-refractivity contribution in [3.8, 4) is 0 Å². The fourth-order valence-electron chi connectivity index (χ4n) is 2.35. The van der Waals surface area contributed by atoms with Crippen LogP contribution in [-0.2, 0) is 6.54 Å². The highest BCUT2D eigenvalue weighted by atomic mass is 16.5. The van der Waals surface area contributed by atoms with E-state index in [2.05, 4.69) is 18.2 Å². The number of hydroxylamine groups is 1. The van der Waals surface area contributed by atoms with Crippen LogP contribution in [0.25, 0.3) is 10.8 Å². The van der Waals surface area contributed by atoms with Gasteiger partial charge < -0.3 is 5.21 Å². The molecular weight excluding hydrogens is 246 g/mol. The van der Waals surface area contributed by atoms with Crippen LogP contribution in [0.15, 0.2) is 72.8 Å². The minimum absolute atomic E-state index is 0.357. The summed E-state index contributed by atoms with van der Waals surface area (Å²) in [6, 6.07) is 23.8. The third-order valence-corrected chi connectivity index (χ3v) is 3.30. The second-order valence-corrected chi connectivity index (χ2v) is 4.75. The molecule has 0 bridgehead atoms. The topological polar surface area (TPSA) is 26.1 Å². The molecule has 0 heterocycles. The Morgan fingerprint density at radius 2 is 1.50 bits per heavy atom. The first-order valence-corrected chi connectivity index (χ1v) is 6.63. The Morgan fingerprint density at radius 1 is 0.800 bits per heavy atom. The Morgan fingerprint density at radius 3 is 2.35 bits per heavy atom. The largest absolute Gasteiger partial charge is 0.624 e. The molecule has 2 nitrogen and oxygen atoms in total. The second kappa shape index (κ2) is 5.57. The Labute approximate surface area is 118 Å². The van der Waals surface area contributed by atoms with Gasteiger partial charge in [0.2, 0.25) is 0 Å². The summed E-state index contributed by atoms with van der Waals surface area (Å²) < 4.78 is 0.983. The molecule has 0 radical (unpaired) electrons. The van der Waals surface area contributed by atoms with E-state index in [1.165, 1.54) is 0 Å². The lowest BCUT2D eigenvalue weighted by Gasteiger charge is -2.07. The zero-order valence-electron chi connectivity index (χ0n) is 11.1. The summed E-state index contributed by atoms with van der Waals surface area (Å²) in [7, 11) is 0. The summed E-state index contributed by atoms with van der Waals surface area (Å²) in [5.41, 5.74) is 1.97. The zero-order chi connectivity index (χ0) is 13.8. The third kappa shape index (κ3) is 2.69. The average Bonchev–Trinajstić information content (AvgIpc) is 2.48.